The number of hydrogen-bond acceptors (Lipinski definition) is 6. The first-order valence-corrected chi connectivity index (χ1v) is 10.0. The van der Waals surface area contributed by atoms with Gasteiger partial charge in [0.2, 0.25) is 10.0 Å². The molecule has 8 heteroatoms. The van der Waals surface area contributed by atoms with Crippen molar-refractivity contribution < 1.29 is 8.42 Å². The van der Waals surface area contributed by atoms with Crippen molar-refractivity contribution in [3.05, 3.63) is 24.7 Å². The Morgan fingerprint density at radius 2 is 2.16 bits per heavy atom. The van der Waals surface area contributed by atoms with Gasteiger partial charge in [0, 0.05) is 36.8 Å². The molecule has 7 nitrogen and oxygen atoms in total. The quantitative estimate of drug-likeness (QED) is 0.828. The highest BCUT2D eigenvalue weighted by Gasteiger charge is 2.40. The third-order valence-electron chi connectivity index (χ3n) is 5.27. The Labute approximate surface area is 148 Å². The number of anilines is 1. The molecule has 1 N–H and O–H groups in total. The van der Waals surface area contributed by atoms with Crippen molar-refractivity contribution in [3.8, 4) is 6.07 Å². The van der Waals surface area contributed by atoms with Crippen LogP contribution in [0.15, 0.2) is 19.1 Å². The molecule has 0 amide bonds. The van der Waals surface area contributed by atoms with Gasteiger partial charge < -0.3 is 4.90 Å². The lowest BCUT2D eigenvalue weighted by atomic mass is 9.86. The Morgan fingerprint density at radius 3 is 2.80 bits per heavy atom. The van der Waals surface area contributed by atoms with E-state index in [0.717, 1.165) is 24.2 Å². The normalized spacial score (nSPS) is 28.8. The fraction of sp³-hybridized carbons (Fsp3) is 0.588. The van der Waals surface area contributed by atoms with Crippen LogP contribution in [0.4, 0.5) is 5.82 Å². The number of nitrogens with zero attached hydrogens (tertiary/aromatic N) is 4. The second kappa shape index (κ2) is 7.10. The first-order chi connectivity index (χ1) is 11.9. The molecule has 0 bridgehead atoms. The molecule has 0 spiro atoms. The number of hydrogen-bond donors (Lipinski definition) is 1. The zero-order chi connectivity index (χ0) is 18.0. The fourth-order valence-electron chi connectivity index (χ4n) is 3.61. The molecule has 1 aromatic heterocycles. The summed E-state index contributed by atoms with van der Waals surface area (Å²) in [6, 6.07) is 2.36. The van der Waals surface area contributed by atoms with Crippen molar-refractivity contribution in [2.45, 2.75) is 49.4 Å². The Morgan fingerprint density at radius 1 is 1.40 bits per heavy atom. The van der Waals surface area contributed by atoms with E-state index >= 15 is 0 Å². The lowest BCUT2D eigenvalue weighted by molar-refractivity contribution is 0.315. The molecule has 0 unspecified atom stereocenters. The molecular formula is C17H23N5O2S. The number of aromatic nitrogens is 2. The average Bonchev–Trinajstić information content (AvgIpc) is 3.07. The minimum absolute atomic E-state index is 0.0485. The van der Waals surface area contributed by atoms with Crippen molar-refractivity contribution in [2.24, 2.45) is 5.92 Å². The molecule has 0 aliphatic heterocycles. The lowest BCUT2D eigenvalue weighted by Gasteiger charge is -2.42. The number of nitrogens with one attached hydrogen (secondary N) is 1. The molecule has 2 aliphatic carbocycles. The van der Waals surface area contributed by atoms with Gasteiger partial charge in [-0.1, -0.05) is 12.7 Å². The molecule has 2 fully saturated rings. The highest BCUT2D eigenvalue weighted by Crippen LogP contribution is 2.33. The predicted octanol–water partition coefficient (Wildman–Crippen LogP) is 1.70. The van der Waals surface area contributed by atoms with Crippen molar-refractivity contribution >= 4 is 21.9 Å². The Kier molecular flexibility index (Phi) is 5.06. The predicted molar refractivity (Wildman–Crippen MR) is 96.1 cm³/mol. The Bertz CT molecular complexity index is 782. The molecular weight excluding hydrogens is 338 g/mol. The minimum atomic E-state index is -3.35. The van der Waals surface area contributed by atoms with E-state index in [4.69, 9.17) is 5.26 Å². The summed E-state index contributed by atoms with van der Waals surface area (Å²) in [7, 11) is -1.39. The summed E-state index contributed by atoms with van der Waals surface area (Å²) in [4.78, 5) is 10.4. The molecule has 1 aromatic rings. The summed E-state index contributed by atoms with van der Waals surface area (Å²) in [6.45, 7) is 3.78. The van der Waals surface area contributed by atoms with Crippen LogP contribution < -0.4 is 9.62 Å². The van der Waals surface area contributed by atoms with Crippen LogP contribution in [-0.4, -0.2) is 42.8 Å². The van der Waals surface area contributed by atoms with Crippen LogP contribution in [0.2, 0.25) is 0 Å². The van der Waals surface area contributed by atoms with Crippen molar-refractivity contribution in [1.29, 1.82) is 5.26 Å². The van der Waals surface area contributed by atoms with Gasteiger partial charge in [-0.2, -0.15) is 5.26 Å². The van der Waals surface area contributed by atoms with Gasteiger partial charge >= 0.3 is 0 Å². The summed E-state index contributed by atoms with van der Waals surface area (Å²) in [5.41, 5.74) is 0.863. The maximum absolute atomic E-state index is 12.5. The highest BCUT2D eigenvalue weighted by molar-refractivity contribution is 7.90. The fourth-order valence-corrected chi connectivity index (χ4v) is 5.40. The molecule has 2 atom stereocenters. The first kappa shape index (κ1) is 17.8. The number of sulfonamides is 1. The van der Waals surface area contributed by atoms with Gasteiger partial charge in [0.05, 0.1) is 11.3 Å². The molecule has 3 rings (SSSR count). The third kappa shape index (κ3) is 3.67. The summed E-state index contributed by atoms with van der Waals surface area (Å²) < 4.78 is 27.8. The molecule has 2 aliphatic rings. The topological polar surface area (TPSA) is 99.0 Å². The maximum atomic E-state index is 12.5. The monoisotopic (exact) mass is 361 g/mol. The molecule has 0 aromatic carbocycles. The highest BCUT2D eigenvalue weighted by atomic mass is 32.2. The van der Waals surface area contributed by atoms with Gasteiger partial charge in [0.15, 0.2) is 0 Å². The van der Waals surface area contributed by atoms with E-state index < -0.39 is 15.3 Å². The van der Waals surface area contributed by atoms with E-state index in [1.54, 1.807) is 12.3 Å². The zero-order valence-corrected chi connectivity index (χ0v) is 15.1. The summed E-state index contributed by atoms with van der Waals surface area (Å²) in [5, 5.41) is 8.52. The molecule has 2 saturated carbocycles. The van der Waals surface area contributed by atoms with Crippen molar-refractivity contribution in [3.63, 3.8) is 0 Å². The van der Waals surface area contributed by atoms with Crippen LogP contribution in [-0.2, 0) is 10.0 Å². The van der Waals surface area contributed by atoms with Crippen LogP contribution in [0.25, 0.3) is 6.08 Å². The van der Waals surface area contributed by atoms with Gasteiger partial charge in [0.1, 0.15) is 12.1 Å². The summed E-state index contributed by atoms with van der Waals surface area (Å²) in [6.07, 6.45) is 8.13. The van der Waals surface area contributed by atoms with E-state index in [2.05, 4.69) is 32.2 Å². The molecule has 0 radical (unpaired) electrons. The summed E-state index contributed by atoms with van der Waals surface area (Å²) >= 11 is 0. The first-order valence-electron chi connectivity index (χ1n) is 8.50. The van der Waals surface area contributed by atoms with Crippen molar-refractivity contribution in [1.82, 2.24) is 14.7 Å². The molecule has 0 saturated heterocycles. The van der Waals surface area contributed by atoms with E-state index in [-0.39, 0.29) is 18.0 Å². The van der Waals surface area contributed by atoms with E-state index in [0.29, 0.717) is 19.3 Å². The van der Waals surface area contributed by atoms with Gasteiger partial charge in [-0.05, 0) is 32.1 Å². The van der Waals surface area contributed by atoms with Crippen LogP contribution in [0.5, 0.6) is 0 Å². The molecule has 1 heterocycles. The van der Waals surface area contributed by atoms with Crippen LogP contribution in [0, 0.1) is 17.2 Å². The number of nitriles is 1. The van der Waals surface area contributed by atoms with Gasteiger partial charge in [-0.15, -0.1) is 0 Å². The number of rotatable bonds is 6. The largest absolute Gasteiger partial charge is 0.356 e. The van der Waals surface area contributed by atoms with Crippen LogP contribution >= 0.6 is 0 Å². The van der Waals surface area contributed by atoms with Gasteiger partial charge in [-0.25, -0.2) is 23.1 Å². The second-order valence-electron chi connectivity index (χ2n) is 6.86. The summed E-state index contributed by atoms with van der Waals surface area (Å²) in [5.74, 6) is 0.681. The van der Waals surface area contributed by atoms with E-state index in [1.807, 2.05) is 7.05 Å². The smallest absolute Gasteiger partial charge is 0.214 e. The van der Waals surface area contributed by atoms with E-state index in [1.165, 1.54) is 6.33 Å². The average molecular weight is 361 g/mol. The SMILES string of the molecule is C=Cc1cncnc1N(C)C1CC(NS(=O)(=O)[C@@H]2CC[C@@H](C#N)C2)C1. The van der Waals surface area contributed by atoms with E-state index in [9.17, 15) is 8.42 Å². The lowest BCUT2D eigenvalue weighted by Crippen LogP contribution is -2.54. The molecule has 25 heavy (non-hydrogen) atoms. The van der Waals surface area contributed by atoms with Gasteiger partial charge in [0.25, 0.3) is 0 Å². The third-order valence-corrected chi connectivity index (χ3v) is 7.24. The Balaban J connectivity index is 1.56. The van der Waals surface area contributed by atoms with Gasteiger partial charge in [-0.3, -0.25) is 0 Å². The van der Waals surface area contributed by atoms with Crippen LogP contribution in [0.3, 0.4) is 0 Å². The van der Waals surface area contributed by atoms with Crippen molar-refractivity contribution in [2.75, 3.05) is 11.9 Å². The Hall–Kier alpha value is -1.98. The molecule has 134 valence electrons. The van der Waals surface area contributed by atoms with Crippen LogP contribution in [0.1, 0.15) is 37.7 Å². The zero-order valence-electron chi connectivity index (χ0n) is 14.3. The minimum Gasteiger partial charge on any atom is -0.356 e. The maximum Gasteiger partial charge on any atom is 0.214 e. The standard InChI is InChI=1S/C17H23N5O2S/c1-3-13-10-19-11-20-17(13)22(2)15-7-14(8-15)21-25(23,24)16-5-4-12(6-16)9-18/h3,10-12,14-16,21H,1,4-8H2,2H3/t12-,14?,15?,16-/m1/s1. The second-order valence-corrected chi connectivity index (χ2v) is 8.86.